The minimum Gasteiger partial charge on any atom is -0.427 e. The van der Waals surface area contributed by atoms with E-state index in [1.165, 1.54) is 30.5 Å². The molecule has 0 aromatic heterocycles. The Labute approximate surface area is 152 Å². The minimum atomic E-state index is -1.56. The van der Waals surface area contributed by atoms with Crippen LogP contribution in [0.4, 0.5) is 0 Å². The van der Waals surface area contributed by atoms with E-state index in [-0.39, 0.29) is 11.3 Å². The number of thioether (sulfide) groups is 1. The zero-order valence-corrected chi connectivity index (χ0v) is 16.7. The van der Waals surface area contributed by atoms with E-state index in [2.05, 4.69) is 0 Å². The van der Waals surface area contributed by atoms with Crippen molar-refractivity contribution in [1.29, 1.82) is 0 Å². The molecular weight excluding hydrogens is 346 g/mol. The van der Waals surface area contributed by atoms with Gasteiger partial charge in [0, 0.05) is 4.75 Å². The van der Waals surface area contributed by atoms with Crippen LogP contribution < -0.4 is 0 Å². The van der Waals surface area contributed by atoms with Crippen LogP contribution in [0.25, 0.3) is 0 Å². The summed E-state index contributed by atoms with van der Waals surface area (Å²) in [4.78, 5) is 38.4. The summed E-state index contributed by atoms with van der Waals surface area (Å²) < 4.78 is 9.43. The molecule has 2 aliphatic heterocycles. The lowest BCUT2D eigenvalue weighted by Gasteiger charge is -2.52. The molecule has 2 aliphatic rings. The van der Waals surface area contributed by atoms with Crippen LogP contribution in [-0.4, -0.2) is 55.9 Å². The van der Waals surface area contributed by atoms with Crippen molar-refractivity contribution in [3.63, 3.8) is 0 Å². The van der Waals surface area contributed by atoms with Crippen molar-refractivity contribution in [1.82, 2.24) is 4.90 Å². The van der Waals surface area contributed by atoms with Crippen molar-refractivity contribution in [3.8, 4) is 0 Å². The average molecular weight is 373 g/mol. The zero-order chi connectivity index (χ0) is 19.4. The van der Waals surface area contributed by atoms with E-state index >= 15 is 0 Å². The number of fused-ring (bicyclic) bond motifs is 1. The molecule has 1 N–H and O–H groups in total. The molecule has 25 heavy (non-hydrogen) atoms. The van der Waals surface area contributed by atoms with E-state index in [1.54, 1.807) is 20.8 Å². The number of hydrogen-bond acceptors (Lipinski definition) is 7. The van der Waals surface area contributed by atoms with Gasteiger partial charge in [-0.2, -0.15) is 0 Å². The van der Waals surface area contributed by atoms with Gasteiger partial charge in [0.05, 0.1) is 22.8 Å². The summed E-state index contributed by atoms with van der Waals surface area (Å²) >= 11 is 1.46. The summed E-state index contributed by atoms with van der Waals surface area (Å²) in [6.45, 7) is 11.1. The number of rotatable bonds is 4. The highest BCUT2D eigenvalue weighted by Gasteiger charge is 2.75. The second-order valence-corrected chi connectivity index (χ2v) is 10.4. The molecule has 1 amide bonds. The molecule has 142 valence electrons. The molecule has 0 unspecified atom stereocenters. The molecule has 0 aliphatic carbocycles. The smallest absolute Gasteiger partial charge is 0.339 e. The molecule has 7 nitrogen and oxygen atoms in total. The monoisotopic (exact) mass is 373 g/mol. The first-order valence-corrected chi connectivity index (χ1v) is 9.11. The van der Waals surface area contributed by atoms with E-state index in [0.29, 0.717) is 6.42 Å². The Bertz CT molecular complexity index is 603. The quantitative estimate of drug-likeness (QED) is 0.455. The lowest BCUT2D eigenvalue weighted by molar-refractivity contribution is -0.203. The fourth-order valence-electron chi connectivity index (χ4n) is 3.68. The lowest BCUT2D eigenvalue weighted by Crippen LogP contribution is -2.76. The Kier molecular flexibility index (Phi) is 4.71. The Morgan fingerprint density at radius 1 is 1.24 bits per heavy atom. The molecule has 2 saturated heterocycles. The van der Waals surface area contributed by atoms with E-state index in [4.69, 9.17) is 9.47 Å². The number of hydrogen-bond donors (Lipinski definition) is 1. The normalized spacial score (nSPS) is 28.2. The molecule has 2 rings (SSSR count). The predicted molar refractivity (Wildman–Crippen MR) is 92.5 cm³/mol. The third-order valence-corrected chi connectivity index (χ3v) is 6.28. The first-order chi connectivity index (χ1) is 11.2. The lowest BCUT2D eigenvalue weighted by atomic mass is 9.70. The van der Waals surface area contributed by atoms with E-state index in [9.17, 15) is 19.5 Å². The number of carbonyl (C=O) groups excluding carboxylic acids is 3. The second-order valence-electron chi connectivity index (χ2n) is 8.55. The second kappa shape index (κ2) is 5.87. The third kappa shape index (κ3) is 2.93. The third-order valence-electron chi connectivity index (χ3n) is 4.74. The van der Waals surface area contributed by atoms with E-state index < -0.39 is 40.0 Å². The fourth-order valence-corrected chi connectivity index (χ4v) is 5.57. The van der Waals surface area contributed by atoms with Crippen LogP contribution in [0.2, 0.25) is 0 Å². The van der Waals surface area contributed by atoms with Crippen molar-refractivity contribution in [3.05, 3.63) is 0 Å². The van der Waals surface area contributed by atoms with E-state index in [1.807, 2.05) is 13.8 Å². The Morgan fingerprint density at radius 2 is 1.80 bits per heavy atom. The maximum atomic E-state index is 13.0. The number of ether oxygens (including phenoxy) is 2. The highest BCUT2D eigenvalue weighted by Crippen LogP contribution is 2.60. The number of nitrogens with zero attached hydrogens (tertiary/aromatic N) is 1. The van der Waals surface area contributed by atoms with E-state index in [0.717, 1.165) is 0 Å². The standard InChI is InChI=1S/C17H27NO6S/c1-14(2,3)12(20)23-9-24-13(21)17(15(4,5)22)16(6,7)25-11-8-10(19)18(11)17/h11,22H,8-9H2,1-7H3/t11-,17-/m1/s1. The summed E-state index contributed by atoms with van der Waals surface area (Å²) in [5.41, 5.74) is -3.82. The number of esters is 2. The van der Waals surface area contributed by atoms with Gasteiger partial charge in [0.15, 0.2) is 5.54 Å². The van der Waals surface area contributed by atoms with Gasteiger partial charge >= 0.3 is 11.9 Å². The topological polar surface area (TPSA) is 93.1 Å². The van der Waals surface area contributed by atoms with Crippen LogP contribution in [0.5, 0.6) is 0 Å². The van der Waals surface area contributed by atoms with Crippen LogP contribution >= 0.6 is 11.8 Å². The summed E-state index contributed by atoms with van der Waals surface area (Å²) in [6, 6.07) is 0. The van der Waals surface area contributed by atoms with Crippen LogP contribution in [0.1, 0.15) is 54.9 Å². The van der Waals surface area contributed by atoms with Gasteiger partial charge < -0.3 is 19.5 Å². The number of carbonyl (C=O) groups is 3. The van der Waals surface area contributed by atoms with Crippen LogP contribution in [0.3, 0.4) is 0 Å². The van der Waals surface area contributed by atoms with Crippen LogP contribution in [0, 0.1) is 5.41 Å². The molecule has 0 aromatic rings. The van der Waals surface area contributed by atoms with Gasteiger partial charge in [0.1, 0.15) is 0 Å². The van der Waals surface area contributed by atoms with Gasteiger partial charge in [0.25, 0.3) is 0 Å². The number of aliphatic hydroxyl groups is 1. The molecule has 2 fully saturated rings. The molecule has 0 radical (unpaired) electrons. The largest absolute Gasteiger partial charge is 0.427 e. The van der Waals surface area contributed by atoms with Gasteiger partial charge in [-0.25, -0.2) is 4.79 Å². The van der Waals surface area contributed by atoms with Crippen molar-refractivity contribution in [2.24, 2.45) is 5.41 Å². The molecule has 0 saturated carbocycles. The van der Waals surface area contributed by atoms with Crippen molar-refractivity contribution >= 4 is 29.6 Å². The summed E-state index contributed by atoms with van der Waals surface area (Å²) in [6.07, 6.45) is 0.332. The Morgan fingerprint density at radius 3 is 2.24 bits per heavy atom. The Balaban J connectivity index is 2.25. The predicted octanol–water partition coefficient (Wildman–Crippen LogP) is 1.67. The summed E-state index contributed by atoms with van der Waals surface area (Å²) in [5, 5.41) is 10.7. The first-order valence-electron chi connectivity index (χ1n) is 8.23. The van der Waals surface area contributed by atoms with Crippen molar-refractivity contribution < 1.29 is 29.0 Å². The van der Waals surface area contributed by atoms with Gasteiger partial charge in [0.2, 0.25) is 12.7 Å². The molecule has 0 spiro atoms. The summed E-state index contributed by atoms with van der Waals surface area (Å²) in [5.74, 6) is -1.47. The molecule has 0 bridgehead atoms. The maximum Gasteiger partial charge on any atom is 0.339 e. The molecule has 2 atom stereocenters. The SMILES string of the molecule is CC(C)(C)C(=O)OCOC(=O)[C@]1(C(C)(C)O)N2C(=O)C[C@H]2SC1(C)C. The molecule has 8 heteroatoms. The van der Waals surface area contributed by atoms with Crippen LogP contribution in [-0.2, 0) is 23.9 Å². The first kappa shape index (κ1) is 20.0. The zero-order valence-electron chi connectivity index (χ0n) is 15.8. The molecular formula is C17H27NO6S. The van der Waals surface area contributed by atoms with Gasteiger partial charge in [-0.05, 0) is 48.5 Å². The highest BCUT2D eigenvalue weighted by atomic mass is 32.2. The van der Waals surface area contributed by atoms with Gasteiger partial charge in [-0.15, -0.1) is 11.8 Å². The van der Waals surface area contributed by atoms with Crippen molar-refractivity contribution in [2.75, 3.05) is 6.79 Å². The van der Waals surface area contributed by atoms with Gasteiger partial charge in [-0.1, -0.05) is 0 Å². The van der Waals surface area contributed by atoms with Crippen LogP contribution in [0.15, 0.2) is 0 Å². The number of β-lactam (4-membered cyclic amide) rings is 1. The minimum absolute atomic E-state index is 0.168. The Hall–Kier alpha value is -1.28. The molecule has 0 aromatic carbocycles. The number of amides is 1. The fraction of sp³-hybridized carbons (Fsp3) is 0.824. The highest BCUT2D eigenvalue weighted by molar-refractivity contribution is 8.01. The van der Waals surface area contributed by atoms with Crippen molar-refractivity contribution in [2.45, 2.75) is 76.1 Å². The van der Waals surface area contributed by atoms with Gasteiger partial charge in [-0.3, -0.25) is 9.59 Å². The summed E-state index contributed by atoms with van der Waals surface area (Å²) in [7, 11) is 0. The average Bonchev–Trinajstić information content (AvgIpc) is 2.60. The molecule has 2 heterocycles. The maximum absolute atomic E-state index is 13.0.